The van der Waals surface area contributed by atoms with Crippen LogP contribution in [0.1, 0.15) is 25.7 Å². The van der Waals surface area contributed by atoms with E-state index in [1.165, 1.54) is 37.1 Å². The lowest BCUT2D eigenvalue weighted by atomic mass is 9.99. The van der Waals surface area contributed by atoms with Crippen LogP contribution in [-0.2, 0) is 0 Å². The monoisotopic (exact) mass is 150 g/mol. The number of allylic oxidation sites excluding steroid dienone is 1. The van der Waals surface area contributed by atoms with E-state index in [-0.39, 0.29) is 0 Å². The molecule has 60 valence electrons. The summed E-state index contributed by atoms with van der Waals surface area (Å²) in [6, 6.07) is 0. The second kappa shape index (κ2) is 3.07. The molecule has 0 amide bonds. The molecule has 0 spiro atoms. The van der Waals surface area contributed by atoms with Crippen molar-refractivity contribution in [3.63, 3.8) is 0 Å². The maximum absolute atomic E-state index is 4.40. The van der Waals surface area contributed by atoms with E-state index in [4.69, 9.17) is 0 Å². The minimum absolute atomic E-state index is 0.965. The highest BCUT2D eigenvalue weighted by molar-refractivity contribution is 5.99. The molecule has 0 atom stereocenters. The zero-order valence-electron chi connectivity index (χ0n) is 6.77. The Balaban J connectivity index is 2.07. The van der Waals surface area contributed by atoms with Gasteiger partial charge in [-0.25, -0.2) is 0 Å². The quantitative estimate of drug-likeness (QED) is 0.601. The van der Waals surface area contributed by atoms with Crippen LogP contribution < -0.4 is 5.32 Å². The van der Waals surface area contributed by atoms with Crippen molar-refractivity contribution in [1.29, 1.82) is 0 Å². The maximum Gasteiger partial charge on any atom is 0.123 e. The summed E-state index contributed by atoms with van der Waals surface area (Å²) in [4.78, 5) is 4.40. The highest BCUT2D eigenvalue weighted by atomic mass is 15.1. The minimum atomic E-state index is 0.965. The maximum atomic E-state index is 4.40. The Morgan fingerprint density at radius 1 is 1.36 bits per heavy atom. The fourth-order valence-corrected chi connectivity index (χ4v) is 1.67. The van der Waals surface area contributed by atoms with Crippen molar-refractivity contribution in [3.8, 4) is 0 Å². The minimum Gasteiger partial charge on any atom is -0.368 e. The fraction of sp³-hybridized carbons (Fsp3) is 0.667. The van der Waals surface area contributed by atoms with Gasteiger partial charge in [0, 0.05) is 6.54 Å². The molecule has 2 aliphatic rings. The molecule has 0 aromatic heterocycles. The molecule has 0 fully saturated rings. The summed E-state index contributed by atoms with van der Waals surface area (Å²) >= 11 is 0. The van der Waals surface area contributed by atoms with E-state index in [2.05, 4.69) is 16.4 Å². The first kappa shape index (κ1) is 6.89. The van der Waals surface area contributed by atoms with Crippen molar-refractivity contribution < 1.29 is 0 Å². The van der Waals surface area contributed by atoms with Gasteiger partial charge in [-0.2, -0.15) is 0 Å². The van der Waals surface area contributed by atoms with Crippen molar-refractivity contribution in [1.82, 2.24) is 5.32 Å². The summed E-state index contributed by atoms with van der Waals surface area (Å²) in [6.07, 6.45) is 7.51. The predicted molar refractivity (Wildman–Crippen MR) is 46.9 cm³/mol. The van der Waals surface area contributed by atoms with E-state index in [0.717, 1.165) is 13.1 Å². The number of aliphatic imine (C=N–C) groups is 1. The van der Waals surface area contributed by atoms with Crippen LogP contribution in [0.15, 0.2) is 16.6 Å². The van der Waals surface area contributed by atoms with Gasteiger partial charge in [-0.3, -0.25) is 4.99 Å². The number of nitrogens with one attached hydrogen (secondary N) is 1. The van der Waals surface area contributed by atoms with Gasteiger partial charge in [0.05, 0.1) is 6.54 Å². The molecule has 0 unspecified atom stereocenters. The summed E-state index contributed by atoms with van der Waals surface area (Å²) in [5.74, 6) is 1.17. The predicted octanol–water partition coefficient (Wildman–Crippen LogP) is 1.49. The number of amidine groups is 1. The Bertz CT molecular complexity index is 204. The fourth-order valence-electron chi connectivity index (χ4n) is 1.67. The molecule has 1 N–H and O–H groups in total. The lowest BCUT2D eigenvalue weighted by Crippen LogP contribution is -2.21. The average Bonchev–Trinajstić information content (AvgIpc) is 2.58. The Hall–Kier alpha value is -0.790. The molecule has 0 radical (unpaired) electrons. The SMILES string of the molecule is C1=C(C2=NCCN2)CCCC1. The van der Waals surface area contributed by atoms with Gasteiger partial charge in [-0.1, -0.05) is 6.08 Å². The highest BCUT2D eigenvalue weighted by Crippen LogP contribution is 2.18. The molecule has 0 saturated heterocycles. The van der Waals surface area contributed by atoms with Crippen LogP contribution in [0.25, 0.3) is 0 Å². The van der Waals surface area contributed by atoms with Crippen LogP contribution in [0, 0.1) is 0 Å². The summed E-state index contributed by atoms with van der Waals surface area (Å²) < 4.78 is 0. The third-order valence-electron chi connectivity index (χ3n) is 2.27. The van der Waals surface area contributed by atoms with Gasteiger partial charge in [-0.05, 0) is 31.3 Å². The van der Waals surface area contributed by atoms with Crippen molar-refractivity contribution in [2.24, 2.45) is 4.99 Å². The van der Waals surface area contributed by atoms with Crippen LogP contribution in [0.3, 0.4) is 0 Å². The van der Waals surface area contributed by atoms with Gasteiger partial charge in [-0.15, -0.1) is 0 Å². The first-order valence-electron chi connectivity index (χ1n) is 4.44. The summed E-state index contributed by atoms with van der Waals surface area (Å²) in [6.45, 7) is 2.00. The van der Waals surface area contributed by atoms with Gasteiger partial charge >= 0.3 is 0 Å². The van der Waals surface area contributed by atoms with E-state index in [0.29, 0.717) is 0 Å². The van der Waals surface area contributed by atoms with Gasteiger partial charge in [0.1, 0.15) is 5.84 Å². The van der Waals surface area contributed by atoms with Crippen LogP contribution in [0.4, 0.5) is 0 Å². The zero-order valence-corrected chi connectivity index (χ0v) is 6.77. The van der Waals surface area contributed by atoms with E-state index >= 15 is 0 Å². The van der Waals surface area contributed by atoms with Gasteiger partial charge in [0.25, 0.3) is 0 Å². The van der Waals surface area contributed by atoms with Crippen molar-refractivity contribution in [2.75, 3.05) is 13.1 Å². The standard InChI is InChI=1S/C9H14N2/c1-2-4-8(5-3-1)9-10-6-7-11-9/h4H,1-3,5-7H2,(H,10,11). The molecule has 2 nitrogen and oxygen atoms in total. The third kappa shape index (κ3) is 1.44. The Kier molecular flexibility index (Phi) is 1.93. The molecular weight excluding hydrogens is 136 g/mol. The molecule has 0 bridgehead atoms. The molecule has 2 heteroatoms. The summed E-state index contributed by atoms with van der Waals surface area (Å²) in [5.41, 5.74) is 1.45. The van der Waals surface area contributed by atoms with Crippen LogP contribution in [-0.4, -0.2) is 18.9 Å². The largest absolute Gasteiger partial charge is 0.368 e. The summed E-state index contributed by atoms with van der Waals surface area (Å²) in [5, 5.41) is 3.31. The molecule has 1 heterocycles. The Morgan fingerprint density at radius 3 is 3.00 bits per heavy atom. The molecule has 0 aromatic carbocycles. The van der Waals surface area contributed by atoms with Crippen LogP contribution in [0.5, 0.6) is 0 Å². The van der Waals surface area contributed by atoms with E-state index < -0.39 is 0 Å². The lowest BCUT2D eigenvalue weighted by molar-refractivity contribution is 0.714. The first-order valence-corrected chi connectivity index (χ1v) is 4.44. The topological polar surface area (TPSA) is 24.4 Å². The van der Waals surface area contributed by atoms with E-state index in [1.54, 1.807) is 0 Å². The Labute approximate surface area is 67.4 Å². The van der Waals surface area contributed by atoms with Crippen LogP contribution >= 0.6 is 0 Å². The number of hydrogen-bond donors (Lipinski definition) is 1. The van der Waals surface area contributed by atoms with Gasteiger partial charge in [0.2, 0.25) is 0 Å². The molecular formula is C9H14N2. The number of hydrogen-bond acceptors (Lipinski definition) is 2. The van der Waals surface area contributed by atoms with Crippen molar-refractivity contribution in [3.05, 3.63) is 11.6 Å². The molecule has 11 heavy (non-hydrogen) atoms. The molecule has 1 aliphatic carbocycles. The molecule has 2 rings (SSSR count). The highest BCUT2D eigenvalue weighted by Gasteiger charge is 2.12. The number of nitrogens with zero attached hydrogens (tertiary/aromatic N) is 1. The Morgan fingerprint density at radius 2 is 2.36 bits per heavy atom. The smallest absolute Gasteiger partial charge is 0.123 e. The average molecular weight is 150 g/mol. The second-order valence-corrected chi connectivity index (χ2v) is 3.13. The van der Waals surface area contributed by atoms with Crippen molar-refractivity contribution in [2.45, 2.75) is 25.7 Å². The second-order valence-electron chi connectivity index (χ2n) is 3.13. The molecule has 0 saturated carbocycles. The first-order chi connectivity index (χ1) is 5.47. The third-order valence-corrected chi connectivity index (χ3v) is 2.27. The summed E-state index contributed by atoms with van der Waals surface area (Å²) in [7, 11) is 0. The molecule has 0 aromatic rings. The number of rotatable bonds is 1. The van der Waals surface area contributed by atoms with Crippen molar-refractivity contribution >= 4 is 5.84 Å². The van der Waals surface area contributed by atoms with E-state index in [1.807, 2.05) is 0 Å². The lowest BCUT2D eigenvalue weighted by Gasteiger charge is -2.12. The zero-order chi connectivity index (χ0) is 7.52. The normalized spacial score (nSPS) is 24.0. The van der Waals surface area contributed by atoms with Gasteiger partial charge in [0.15, 0.2) is 0 Å². The van der Waals surface area contributed by atoms with Crippen LogP contribution in [0.2, 0.25) is 0 Å². The molecule has 1 aliphatic heterocycles. The van der Waals surface area contributed by atoms with E-state index in [9.17, 15) is 0 Å². The van der Waals surface area contributed by atoms with Gasteiger partial charge < -0.3 is 5.32 Å².